The summed E-state index contributed by atoms with van der Waals surface area (Å²) in [6.45, 7) is 2.28. The third-order valence-electron chi connectivity index (χ3n) is 5.03. The molecule has 5 nitrogen and oxygen atoms in total. The summed E-state index contributed by atoms with van der Waals surface area (Å²) in [6, 6.07) is 20.0. The summed E-state index contributed by atoms with van der Waals surface area (Å²) in [5, 5.41) is 9.71. The highest BCUT2D eigenvalue weighted by atomic mass is 127. The van der Waals surface area contributed by atoms with Crippen molar-refractivity contribution in [3.05, 3.63) is 71.8 Å². The lowest BCUT2D eigenvalue weighted by Crippen LogP contribution is -2.42. The van der Waals surface area contributed by atoms with Crippen molar-refractivity contribution >= 4 is 35.8 Å². The number of benzene rings is 2. The first kappa shape index (κ1) is 22.2. The molecule has 0 saturated heterocycles. The van der Waals surface area contributed by atoms with Gasteiger partial charge in [-0.15, -0.1) is 24.0 Å². The molecular formula is C22H29IN4O. The lowest BCUT2D eigenvalue weighted by atomic mass is 9.96. The van der Waals surface area contributed by atoms with E-state index >= 15 is 0 Å². The lowest BCUT2D eigenvalue weighted by Gasteiger charge is -2.19. The minimum absolute atomic E-state index is 0. The number of nitrogens with one attached hydrogen (secondary N) is 3. The number of amides is 1. The number of hydrogen-bond acceptors (Lipinski definition) is 2. The summed E-state index contributed by atoms with van der Waals surface area (Å²) in [6.07, 6.45) is 3.27. The van der Waals surface area contributed by atoms with Crippen molar-refractivity contribution < 1.29 is 4.79 Å². The summed E-state index contributed by atoms with van der Waals surface area (Å²) in [5.41, 5.74) is 2.35. The summed E-state index contributed by atoms with van der Waals surface area (Å²) < 4.78 is 0. The topological polar surface area (TPSA) is 65.5 Å². The number of carbonyl (C=O) groups is 1. The maximum Gasteiger partial charge on any atom is 0.251 e. The minimum atomic E-state index is -0.0309. The molecule has 1 aliphatic rings. The van der Waals surface area contributed by atoms with Crippen LogP contribution in [0.15, 0.2) is 65.7 Å². The van der Waals surface area contributed by atoms with Crippen LogP contribution >= 0.6 is 24.0 Å². The third kappa shape index (κ3) is 6.22. The first-order valence-electron chi connectivity index (χ1n) is 9.57. The summed E-state index contributed by atoms with van der Waals surface area (Å²) >= 11 is 0. The fourth-order valence-corrected chi connectivity index (χ4v) is 3.17. The number of aliphatic imine (C=N–C) groups is 1. The maximum atomic E-state index is 12.0. The Labute approximate surface area is 184 Å². The van der Waals surface area contributed by atoms with Gasteiger partial charge in [-0.05, 0) is 37.0 Å². The van der Waals surface area contributed by atoms with Gasteiger partial charge in [-0.3, -0.25) is 9.79 Å². The molecule has 0 radical (unpaired) electrons. The van der Waals surface area contributed by atoms with E-state index in [0.717, 1.165) is 25.5 Å². The second-order valence-electron chi connectivity index (χ2n) is 6.97. The smallest absolute Gasteiger partial charge is 0.251 e. The van der Waals surface area contributed by atoms with Crippen LogP contribution in [0.1, 0.15) is 35.2 Å². The molecular weight excluding hydrogens is 463 g/mol. The van der Waals surface area contributed by atoms with Crippen LogP contribution in [0, 0.1) is 0 Å². The summed E-state index contributed by atoms with van der Waals surface area (Å²) in [7, 11) is 1.79. The van der Waals surface area contributed by atoms with Gasteiger partial charge < -0.3 is 16.0 Å². The second-order valence-corrected chi connectivity index (χ2v) is 6.97. The fraction of sp³-hybridized carbons (Fsp3) is 0.364. The van der Waals surface area contributed by atoms with Crippen LogP contribution in [-0.4, -0.2) is 38.5 Å². The zero-order valence-electron chi connectivity index (χ0n) is 16.3. The van der Waals surface area contributed by atoms with Gasteiger partial charge in [-0.25, -0.2) is 0 Å². The van der Waals surface area contributed by atoms with E-state index in [1.54, 1.807) is 7.05 Å². The van der Waals surface area contributed by atoms with Crippen molar-refractivity contribution in [3.8, 4) is 0 Å². The molecule has 3 rings (SSSR count). The van der Waals surface area contributed by atoms with Crippen molar-refractivity contribution in [3.63, 3.8) is 0 Å². The SMILES string of the molecule is CN=C(NCCCNC(=O)c1ccccc1)NCC1(c2ccccc2)CC1.I. The van der Waals surface area contributed by atoms with Gasteiger partial charge in [0, 0.05) is 37.7 Å². The average Bonchev–Trinajstić information content (AvgIpc) is 3.52. The molecule has 1 saturated carbocycles. The largest absolute Gasteiger partial charge is 0.356 e. The van der Waals surface area contributed by atoms with Crippen molar-refractivity contribution in [2.24, 2.45) is 4.99 Å². The highest BCUT2D eigenvalue weighted by Gasteiger charge is 2.43. The van der Waals surface area contributed by atoms with Crippen LogP contribution in [0.25, 0.3) is 0 Å². The molecule has 1 aliphatic carbocycles. The van der Waals surface area contributed by atoms with E-state index in [1.165, 1.54) is 18.4 Å². The van der Waals surface area contributed by atoms with Crippen molar-refractivity contribution in [2.45, 2.75) is 24.7 Å². The molecule has 0 bridgehead atoms. The van der Waals surface area contributed by atoms with E-state index in [9.17, 15) is 4.79 Å². The van der Waals surface area contributed by atoms with Crippen LogP contribution in [0.5, 0.6) is 0 Å². The Morgan fingerprint density at radius 2 is 1.54 bits per heavy atom. The molecule has 1 fully saturated rings. The molecule has 0 spiro atoms. The molecule has 6 heteroatoms. The minimum Gasteiger partial charge on any atom is -0.356 e. The van der Waals surface area contributed by atoms with Gasteiger partial charge in [0.1, 0.15) is 0 Å². The fourth-order valence-electron chi connectivity index (χ4n) is 3.17. The summed E-state index contributed by atoms with van der Waals surface area (Å²) in [5.74, 6) is 0.781. The highest BCUT2D eigenvalue weighted by molar-refractivity contribution is 14.0. The van der Waals surface area contributed by atoms with Gasteiger partial charge in [-0.2, -0.15) is 0 Å². The number of nitrogens with zero attached hydrogens (tertiary/aromatic N) is 1. The number of hydrogen-bond donors (Lipinski definition) is 3. The molecule has 150 valence electrons. The predicted molar refractivity (Wildman–Crippen MR) is 126 cm³/mol. The molecule has 0 aliphatic heterocycles. The molecule has 28 heavy (non-hydrogen) atoms. The molecule has 2 aromatic rings. The Hall–Kier alpha value is -2.09. The number of rotatable bonds is 8. The van der Waals surface area contributed by atoms with Crippen molar-refractivity contribution in [1.29, 1.82) is 0 Å². The van der Waals surface area contributed by atoms with Crippen LogP contribution < -0.4 is 16.0 Å². The standard InChI is InChI=1S/C22H28N4O.HI/c1-23-21(26-17-22(13-14-22)19-11-6-3-7-12-19)25-16-8-15-24-20(27)18-9-4-2-5-10-18;/h2-7,9-12H,8,13-17H2,1H3,(H,24,27)(H2,23,25,26);1H. The maximum absolute atomic E-state index is 12.0. The molecule has 0 aromatic heterocycles. The van der Waals surface area contributed by atoms with Crippen LogP contribution in [0.3, 0.4) is 0 Å². The average molecular weight is 492 g/mol. The first-order valence-corrected chi connectivity index (χ1v) is 9.57. The second kappa shape index (κ2) is 11.0. The van der Waals surface area contributed by atoms with Gasteiger partial charge in [-0.1, -0.05) is 48.5 Å². The number of halogens is 1. The van der Waals surface area contributed by atoms with E-state index in [1.807, 2.05) is 30.3 Å². The number of guanidine groups is 1. The Balaban J connectivity index is 0.00000280. The normalized spacial score (nSPS) is 14.5. The predicted octanol–water partition coefficient (Wildman–Crippen LogP) is 3.32. The van der Waals surface area contributed by atoms with Gasteiger partial charge in [0.05, 0.1) is 0 Å². The molecule has 2 aromatic carbocycles. The Morgan fingerprint density at radius 1 is 0.929 bits per heavy atom. The van der Waals surface area contributed by atoms with Crippen LogP contribution in [-0.2, 0) is 5.41 Å². The van der Waals surface area contributed by atoms with E-state index in [2.05, 4.69) is 51.3 Å². The van der Waals surface area contributed by atoms with Gasteiger partial charge in [0.2, 0.25) is 0 Å². The molecule has 1 amide bonds. The van der Waals surface area contributed by atoms with Crippen molar-refractivity contribution in [1.82, 2.24) is 16.0 Å². The van der Waals surface area contributed by atoms with E-state index in [0.29, 0.717) is 12.1 Å². The van der Waals surface area contributed by atoms with Gasteiger partial charge in [0.15, 0.2) is 5.96 Å². The molecule has 0 atom stereocenters. The highest BCUT2D eigenvalue weighted by Crippen LogP contribution is 2.47. The number of carbonyl (C=O) groups excluding carboxylic acids is 1. The van der Waals surface area contributed by atoms with Crippen LogP contribution in [0.4, 0.5) is 0 Å². The Bertz CT molecular complexity index is 761. The van der Waals surface area contributed by atoms with Crippen molar-refractivity contribution in [2.75, 3.05) is 26.7 Å². The zero-order valence-corrected chi connectivity index (χ0v) is 18.6. The Kier molecular flexibility index (Phi) is 8.76. The molecule has 0 unspecified atom stereocenters. The van der Waals surface area contributed by atoms with E-state index in [4.69, 9.17) is 0 Å². The van der Waals surface area contributed by atoms with E-state index in [-0.39, 0.29) is 35.3 Å². The van der Waals surface area contributed by atoms with Gasteiger partial charge >= 0.3 is 0 Å². The third-order valence-corrected chi connectivity index (χ3v) is 5.03. The quantitative estimate of drug-likeness (QED) is 0.229. The monoisotopic (exact) mass is 492 g/mol. The molecule has 3 N–H and O–H groups in total. The van der Waals surface area contributed by atoms with Crippen LogP contribution in [0.2, 0.25) is 0 Å². The Morgan fingerprint density at radius 3 is 2.14 bits per heavy atom. The summed E-state index contributed by atoms with van der Waals surface area (Å²) in [4.78, 5) is 16.3. The van der Waals surface area contributed by atoms with Gasteiger partial charge in [0.25, 0.3) is 5.91 Å². The molecule has 0 heterocycles. The lowest BCUT2D eigenvalue weighted by molar-refractivity contribution is 0.0953. The zero-order chi connectivity index (χ0) is 19.0. The first-order chi connectivity index (χ1) is 13.2. The van der Waals surface area contributed by atoms with E-state index < -0.39 is 0 Å².